The summed E-state index contributed by atoms with van der Waals surface area (Å²) in [6.45, 7) is 0. The van der Waals surface area contributed by atoms with Crippen LogP contribution in [0.2, 0.25) is 0 Å². The zero-order valence-corrected chi connectivity index (χ0v) is 14.6. The monoisotopic (exact) mass is 357 g/mol. The molecular formula is C21H15N3OS. The predicted octanol–water partition coefficient (Wildman–Crippen LogP) is 4.53. The van der Waals surface area contributed by atoms with Crippen molar-refractivity contribution in [3.63, 3.8) is 0 Å². The number of hydrogen-bond donors (Lipinski definition) is 0. The Bertz CT molecular complexity index is 990. The van der Waals surface area contributed by atoms with Crippen LogP contribution in [-0.2, 0) is 4.79 Å². The van der Waals surface area contributed by atoms with E-state index < -0.39 is 0 Å². The summed E-state index contributed by atoms with van der Waals surface area (Å²) in [5.74, 6) is 0.432. The Hall–Kier alpha value is -3.31. The molecule has 0 unspecified atom stereocenters. The van der Waals surface area contributed by atoms with E-state index in [-0.39, 0.29) is 5.91 Å². The number of nitrogens with zero attached hydrogens (tertiary/aromatic N) is 3. The van der Waals surface area contributed by atoms with Crippen molar-refractivity contribution in [2.24, 2.45) is 4.99 Å². The number of amides is 1. The summed E-state index contributed by atoms with van der Waals surface area (Å²) in [6.07, 6.45) is 7.23. The molecule has 2 aromatic carbocycles. The van der Waals surface area contributed by atoms with Gasteiger partial charge in [0.1, 0.15) is 11.5 Å². The molecule has 0 atom stereocenters. The van der Waals surface area contributed by atoms with Gasteiger partial charge in [0, 0.05) is 17.1 Å². The minimum absolute atomic E-state index is 0.170. The van der Waals surface area contributed by atoms with Gasteiger partial charge in [-0.25, -0.2) is 14.9 Å². The molecule has 1 aromatic heterocycles. The second-order valence-corrected chi connectivity index (χ2v) is 6.45. The molecule has 1 aliphatic rings. The van der Waals surface area contributed by atoms with Crippen LogP contribution in [0.1, 0.15) is 11.1 Å². The summed E-state index contributed by atoms with van der Waals surface area (Å²) in [5, 5.41) is 2.47. The molecule has 0 saturated heterocycles. The fraction of sp³-hybridized carbons (Fsp3) is 0. The number of amidine groups is 1. The van der Waals surface area contributed by atoms with Gasteiger partial charge in [-0.05, 0) is 11.6 Å². The number of anilines is 1. The lowest BCUT2D eigenvalue weighted by Gasteiger charge is -2.14. The summed E-state index contributed by atoms with van der Waals surface area (Å²) in [7, 11) is 0. The molecule has 5 heteroatoms. The Balaban J connectivity index is 1.70. The third-order valence-electron chi connectivity index (χ3n) is 3.85. The third kappa shape index (κ3) is 3.25. The Morgan fingerprint density at radius 1 is 0.962 bits per heavy atom. The standard InChI is InChI=1S/C21H15N3OS/c25-20-18(13-7-10-16-8-3-1-4-9-16)23-19(17-11-5-2-6-12-17)24(20)21-22-14-15-26-21/h1-15H/b10-7+,18-13-. The highest BCUT2D eigenvalue weighted by Gasteiger charge is 2.33. The summed E-state index contributed by atoms with van der Waals surface area (Å²) < 4.78 is 0. The lowest BCUT2D eigenvalue weighted by molar-refractivity contribution is -0.113. The molecule has 1 aliphatic heterocycles. The van der Waals surface area contributed by atoms with E-state index in [9.17, 15) is 4.79 Å². The third-order valence-corrected chi connectivity index (χ3v) is 4.60. The number of hydrogen-bond acceptors (Lipinski definition) is 4. The van der Waals surface area contributed by atoms with Crippen LogP contribution in [0.25, 0.3) is 6.08 Å². The normalized spacial score (nSPS) is 15.8. The molecule has 0 radical (unpaired) electrons. The van der Waals surface area contributed by atoms with E-state index >= 15 is 0 Å². The van der Waals surface area contributed by atoms with Crippen molar-refractivity contribution in [3.05, 3.63) is 101 Å². The summed E-state index contributed by atoms with van der Waals surface area (Å²) >= 11 is 1.41. The molecule has 4 nitrogen and oxygen atoms in total. The molecule has 2 heterocycles. The first-order valence-corrected chi connectivity index (χ1v) is 9.02. The molecule has 3 aromatic rings. The van der Waals surface area contributed by atoms with Crippen molar-refractivity contribution >= 4 is 34.3 Å². The highest BCUT2D eigenvalue weighted by molar-refractivity contribution is 7.14. The highest BCUT2D eigenvalue weighted by atomic mass is 32.1. The maximum Gasteiger partial charge on any atom is 0.284 e. The van der Waals surface area contributed by atoms with Crippen LogP contribution < -0.4 is 4.90 Å². The molecule has 0 fully saturated rings. The number of aromatic nitrogens is 1. The largest absolute Gasteiger partial charge is 0.284 e. The van der Waals surface area contributed by atoms with Crippen LogP contribution in [0.15, 0.2) is 95.1 Å². The van der Waals surface area contributed by atoms with Crippen LogP contribution in [0.3, 0.4) is 0 Å². The first-order valence-electron chi connectivity index (χ1n) is 8.14. The van der Waals surface area contributed by atoms with Crippen molar-refractivity contribution < 1.29 is 4.79 Å². The van der Waals surface area contributed by atoms with Crippen LogP contribution in [0.4, 0.5) is 5.13 Å². The maximum absolute atomic E-state index is 12.9. The minimum Gasteiger partial charge on any atom is -0.266 e. The number of carbonyl (C=O) groups is 1. The van der Waals surface area contributed by atoms with Crippen LogP contribution in [0, 0.1) is 0 Å². The van der Waals surface area contributed by atoms with Gasteiger partial charge in [-0.2, -0.15) is 0 Å². The van der Waals surface area contributed by atoms with E-state index in [2.05, 4.69) is 9.98 Å². The number of benzene rings is 2. The molecule has 0 saturated carbocycles. The highest BCUT2D eigenvalue weighted by Crippen LogP contribution is 2.28. The van der Waals surface area contributed by atoms with Gasteiger partial charge in [0.05, 0.1) is 0 Å². The second kappa shape index (κ2) is 7.29. The van der Waals surface area contributed by atoms with Crippen LogP contribution in [0.5, 0.6) is 0 Å². The Labute approximate surface area is 155 Å². The number of carbonyl (C=O) groups excluding carboxylic acids is 1. The van der Waals surface area contributed by atoms with E-state index in [1.807, 2.05) is 78.2 Å². The van der Waals surface area contributed by atoms with Gasteiger partial charge in [-0.1, -0.05) is 72.8 Å². The number of thiazole rings is 1. The van der Waals surface area contributed by atoms with Crippen molar-refractivity contribution in [2.45, 2.75) is 0 Å². The summed E-state index contributed by atoms with van der Waals surface area (Å²) in [4.78, 5) is 23.3. The minimum atomic E-state index is -0.170. The second-order valence-electron chi connectivity index (χ2n) is 5.58. The SMILES string of the molecule is O=C1/C(=C/C=C/c2ccccc2)N=C(c2ccccc2)N1c1nccs1. The molecule has 4 rings (SSSR count). The Morgan fingerprint density at radius 2 is 1.69 bits per heavy atom. The topological polar surface area (TPSA) is 45.6 Å². The van der Waals surface area contributed by atoms with E-state index in [4.69, 9.17) is 0 Å². The zero-order chi connectivity index (χ0) is 17.8. The average molecular weight is 357 g/mol. The van der Waals surface area contributed by atoms with Gasteiger partial charge in [0.25, 0.3) is 5.91 Å². The molecule has 26 heavy (non-hydrogen) atoms. The average Bonchev–Trinajstić information content (AvgIpc) is 3.32. The van der Waals surface area contributed by atoms with Gasteiger partial charge in [0.2, 0.25) is 0 Å². The van der Waals surface area contributed by atoms with E-state index in [1.54, 1.807) is 17.2 Å². The lowest BCUT2D eigenvalue weighted by Crippen LogP contribution is -2.32. The molecule has 0 aliphatic carbocycles. The van der Waals surface area contributed by atoms with Gasteiger partial charge < -0.3 is 0 Å². The summed E-state index contributed by atoms with van der Waals surface area (Å²) in [6, 6.07) is 19.6. The molecule has 0 N–H and O–H groups in total. The first kappa shape index (κ1) is 16.2. The van der Waals surface area contributed by atoms with E-state index in [0.717, 1.165) is 11.1 Å². The van der Waals surface area contributed by atoms with Crippen molar-refractivity contribution in [2.75, 3.05) is 4.90 Å². The first-order chi connectivity index (χ1) is 12.8. The Kier molecular flexibility index (Phi) is 4.53. The maximum atomic E-state index is 12.9. The van der Waals surface area contributed by atoms with E-state index in [0.29, 0.717) is 16.7 Å². The fourth-order valence-corrected chi connectivity index (χ4v) is 3.27. The van der Waals surface area contributed by atoms with Gasteiger partial charge in [-0.15, -0.1) is 11.3 Å². The van der Waals surface area contributed by atoms with Crippen LogP contribution >= 0.6 is 11.3 Å². The smallest absolute Gasteiger partial charge is 0.266 e. The van der Waals surface area contributed by atoms with Crippen LogP contribution in [-0.4, -0.2) is 16.7 Å². The van der Waals surface area contributed by atoms with Crippen molar-refractivity contribution in [1.29, 1.82) is 0 Å². The number of rotatable bonds is 4. The molecular weight excluding hydrogens is 342 g/mol. The fourth-order valence-electron chi connectivity index (χ4n) is 2.63. The Morgan fingerprint density at radius 3 is 2.38 bits per heavy atom. The predicted molar refractivity (Wildman–Crippen MR) is 106 cm³/mol. The van der Waals surface area contributed by atoms with Gasteiger partial charge >= 0.3 is 0 Å². The van der Waals surface area contributed by atoms with E-state index in [1.165, 1.54) is 11.3 Å². The summed E-state index contributed by atoms with van der Waals surface area (Å²) in [5.41, 5.74) is 2.34. The van der Waals surface area contributed by atoms with Gasteiger partial charge in [0.15, 0.2) is 5.13 Å². The molecule has 0 spiro atoms. The lowest BCUT2D eigenvalue weighted by atomic mass is 10.2. The molecule has 1 amide bonds. The molecule has 0 bridgehead atoms. The number of aliphatic imine (C=N–C) groups is 1. The number of allylic oxidation sites excluding steroid dienone is 2. The van der Waals surface area contributed by atoms with Crippen molar-refractivity contribution in [1.82, 2.24) is 4.98 Å². The van der Waals surface area contributed by atoms with Crippen molar-refractivity contribution in [3.8, 4) is 0 Å². The van der Waals surface area contributed by atoms with Gasteiger partial charge in [-0.3, -0.25) is 4.79 Å². The quantitative estimate of drug-likeness (QED) is 0.644. The zero-order valence-electron chi connectivity index (χ0n) is 13.8. The molecule has 126 valence electrons.